The second-order valence-corrected chi connectivity index (χ2v) is 5.56. The van der Waals surface area contributed by atoms with E-state index in [2.05, 4.69) is 22.5 Å². The van der Waals surface area contributed by atoms with Crippen molar-refractivity contribution in [3.8, 4) is 0 Å². The molecule has 22 heavy (non-hydrogen) atoms. The summed E-state index contributed by atoms with van der Waals surface area (Å²) in [5.41, 5.74) is 1.21. The van der Waals surface area contributed by atoms with Gasteiger partial charge in [0.15, 0.2) is 0 Å². The van der Waals surface area contributed by atoms with Gasteiger partial charge in [0.05, 0.1) is 11.9 Å². The third-order valence-electron chi connectivity index (χ3n) is 3.75. The third-order valence-corrected chi connectivity index (χ3v) is 3.75. The van der Waals surface area contributed by atoms with Gasteiger partial charge >= 0.3 is 0 Å². The summed E-state index contributed by atoms with van der Waals surface area (Å²) in [6.07, 6.45) is 2.50. The summed E-state index contributed by atoms with van der Waals surface area (Å²) in [6, 6.07) is 12.3. The molecule has 112 valence electrons. The number of rotatable bonds is 4. The minimum absolute atomic E-state index is 0.0374. The first-order valence-corrected chi connectivity index (χ1v) is 7.27. The maximum atomic E-state index is 12.0. The Morgan fingerprint density at radius 2 is 1.82 bits per heavy atom. The number of pyridine rings is 1. The van der Waals surface area contributed by atoms with E-state index in [9.17, 15) is 9.59 Å². The van der Waals surface area contributed by atoms with E-state index in [1.807, 2.05) is 6.07 Å². The lowest BCUT2D eigenvalue weighted by Crippen LogP contribution is -2.15. The molecule has 2 unspecified atom stereocenters. The number of nitrogens with zero attached hydrogens (tertiary/aromatic N) is 1. The lowest BCUT2D eigenvalue weighted by Gasteiger charge is -2.07. The zero-order chi connectivity index (χ0) is 15.5. The quantitative estimate of drug-likeness (QED) is 0.911. The molecule has 1 aliphatic carbocycles. The average molecular weight is 295 g/mol. The van der Waals surface area contributed by atoms with Crippen LogP contribution in [-0.4, -0.2) is 16.8 Å². The van der Waals surface area contributed by atoms with Crippen molar-refractivity contribution in [2.75, 3.05) is 10.6 Å². The first kappa shape index (κ1) is 14.3. The van der Waals surface area contributed by atoms with E-state index in [1.165, 1.54) is 0 Å². The van der Waals surface area contributed by atoms with Crippen molar-refractivity contribution < 1.29 is 9.59 Å². The van der Waals surface area contributed by atoms with Crippen LogP contribution in [0.25, 0.3) is 0 Å². The molecule has 2 amide bonds. The number of anilines is 2. The highest BCUT2D eigenvalue weighted by Gasteiger charge is 2.39. The van der Waals surface area contributed by atoms with Crippen molar-refractivity contribution in [1.29, 1.82) is 0 Å². The molecule has 1 aromatic carbocycles. The minimum Gasteiger partial charge on any atom is -0.324 e. The SMILES string of the molecule is CC1CC1C(=O)Nc1ccc(NC(=O)c2ccccc2)nc1. The van der Waals surface area contributed by atoms with E-state index in [1.54, 1.807) is 42.6 Å². The Balaban J connectivity index is 1.59. The molecule has 2 aromatic rings. The van der Waals surface area contributed by atoms with Gasteiger partial charge < -0.3 is 10.6 Å². The van der Waals surface area contributed by atoms with Gasteiger partial charge in [-0.05, 0) is 36.6 Å². The fourth-order valence-electron chi connectivity index (χ4n) is 2.24. The summed E-state index contributed by atoms with van der Waals surface area (Å²) in [7, 11) is 0. The molecule has 3 rings (SSSR count). The van der Waals surface area contributed by atoms with E-state index >= 15 is 0 Å². The monoisotopic (exact) mass is 295 g/mol. The molecule has 1 aromatic heterocycles. The van der Waals surface area contributed by atoms with Crippen LogP contribution in [0.15, 0.2) is 48.7 Å². The molecule has 1 aliphatic rings. The van der Waals surface area contributed by atoms with Crippen LogP contribution in [0.4, 0.5) is 11.5 Å². The molecule has 0 aliphatic heterocycles. The zero-order valence-electron chi connectivity index (χ0n) is 12.2. The van der Waals surface area contributed by atoms with E-state index in [0.29, 0.717) is 23.0 Å². The molecule has 0 radical (unpaired) electrons. The zero-order valence-corrected chi connectivity index (χ0v) is 12.2. The molecule has 1 fully saturated rings. The second kappa shape index (κ2) is 5.97. The van der Waals surface area contributed by atoms with Crippen molar-refractivity contribution in [2.24, 2.45) is 11.8 Å². The summed E-state index contributed by atoms with van der Waals surface area (Å²) in [5.74, 6) is 0.869. The van der Waals surface area contributed by atoms with Gasteiger partial charge in [0.2, 0.25) is 5.91 Å². The van der Waals surface area contributed by atoms with Gasteiger partial charge in [0.1, 0.15) is 5.82 Å². The van der Waals surface area contributed by atoms with Crippen LogP contribution in [-0.2, 0) is 4.79 Å². The number of nitrogens with one attached hydrogen (secondary N) is 2. The van der Waals surface area contributed by atoms with E-state index in [-0.39, 0.29) is 17.7 Å². The molecule has 5 nitrogen and oxygen atoms in total. The smallest absolute Gasteiger partial charge is 0.256 e. The third kappa shape index (κ3) is 3.31. The highest BCUT2D eigenvalue weighted by atomic mass is 16.2. The highest BCUT2D eigenvalue weighted by Crippen LogP contribution is 2.38. The van der Waals surface area contributed by atoms with Gasteiger partial charge in [-0.3, -0.25) is 9.59 Å². The van der Waals surface area contributed by atoms with Crippen LogP contribution < -0.4 is 10.6 Å². The Labute approximate surface area is 128 Å². The van der Waals surface area contributed by atoms with Crippen molar-refractivity contribution in [1.82, 2.24) is 4.98 Å². The maximum absolute atomic E-state index is 12.0. The number of carbonyl (C=O) groups is 2. The van der Waals surface area contributed by atoms with Crippen molar-refractivity contribution in [3.05, 3.63) is 54.2 Å². The Morgan fingerprint density at radius 1 is 1.09 bits per heavy atom. The molecule has 2 N–H and O–H groups in total. The fraction of sp³-hybridized carbons (Fsp3) is 0.235. The van der Waals surface area contributed by atoms with Gasteiger partial charge in [0.25, 0.3) is 5.91 Å². The summed E-state index contributed by atoms with van der Waals surface area (Å²) >= 11 is 0. The van der Waals surface area contributed by atoms with Crippen LogP contribution in [0.3, 0.4) is 0 Å². The molecule has 2 atom stereocenters. The van der Waals surface area contributed by atoms with Crippen LogP contribution in [0, 0.1) is 11.8 Å². The molecule has 0 spiro atoms. The standard InChI is InChI=1S/C17H17N3O2/c1-11-9-14(11)17(22)19-13-7-8-15(18-10-13)20-16(21)12-5-3-2-4-6-12/h2-8,10-11,14H,9H2,1H3,(H,19,22)(H,18,20,21). The van der Waals surface area contributed by atoms with Gasteiger partial charge in [-0.2, -0.15) is 0 Å². The molecular formula is C17H17N3O2. The van der Waals surface area contributed by atoms with E-state index in [0.717, 1.165) is 6.42 Å². The van der Waals surface area contributed by atoms with Gasteiger partial charge in [-0.25, -0.2) is 4.98 Å². The number of hydrogen-bond acceptors (Lipinski definition) is 3. The lowest BCUT2D eigenvalue weighted by atomic mass is 10.2. The molecule has 0 bridgehead atoms. The van der Waals surface area contributed by atoms with Gasteiger partial charge in [-0.1, -0.05) is 25.1 Å². The van der Waals surface area contributed by atoms with E-state index < -0.39 is 0 Å². The highest BCUT2D eigenvalue weighted by molar-refractivity contribution is 6.03. The fourth-order valence-corrected chi connectivity index (χ4v) is 2.24. The van der Waals surface area contributed by atoms with Crippen molar-refractivity contribution >= 4 is 23.3 Å². The molecule has 1 heterocycles. The normalized spacial score (nSPS) is 19.3. The molecule has 0 saturated heterocycles. The summed E-state index contributed by atoms with van der Waals surface area (Å²) in [6.45, 7) is 2.06. The Bertz CT molecular complexity index is 683. The predicted molar refractivity (Wildman–Crippen MR) is 84.5 cm³/mol. The number of amides is 2. The van der Waals surface area contributed by atoms with Gasteiger partial charge in [0, 0.05) is 11.5 Å². The topological polar surface area (TPSA) is 71.1 Å². The average Bonchev–Trinajstić information content (AvgIpc) is 3.27. The second-order valence-electron chi connectivity index (χ2n) is 5.56. The number of benzene rings is 1. The van der Waals surface area contributed by atoms with Crippen LogP contribution in [0.1, 0.15) is 23.7 Å². The summed E-state index contributed by atoms with van der Waals surface area (Å²) < 4.78 is 0. The molecular weight excluding hydrogens is 278 g/mol. The summed E-state index contributed by atoms with van der Waals surface area (Å²) in [5, 5.41) is 5.55. The molecule has 1 saturated carbocycles. The van der Waals surface area contributed by atoms with Crippen LogP contribution in [0.2, 0.25) is 0 Å². The Hall–Kier alpha value is -2.69. The largest absolute Gasteiger partial charge is 0.324 e. The minimum atomic E-state index is -0.211. The number of aromatic nitrogens is 1. The first-order chi connectivity index (χ1) is 10.6. The lowest BCUT2D eigenvalue weighted by molar-refractivity contribution is -0.117. The van der Waals surface area contributed by atoms with Gasteiger partial charge in [-0.15, -0.1) is 0 Å². The van der Waals surface area contributed by atoms with Crippen molar-refractivity contribution in [3.63, 3.8) is 0 Å². The van der Waals surface area contributed by atoms with Crippen LogP contribution >= 0.6 is 0 Å². The number of hydrogen-bond donors (Lipinski definition) is 2. The first-order valence-electron chi connectivity index (χ1n) is 7.27. The predicted octanol–water partition coefficient (Wildman–Crippen LogP) is 2.93. The number of carbonyl (C=O) groups excluding carboxylic acids is 2. The Morgan fingerprint density at radius 3 is 2.41 bits per heavy atom. The summed E-state index contributed by atoms with van der Waals surface area (Å²) in [4.78, 5) is 28.0. The van der Waals surface area contributed by atoms with Crippen LogP contribution in [0.5, 0.6) is 0 Å². The van der Waals surface area contributed by atoms with E-state index in [4.69, 9.17) is 0 Å². The maximum Gasteiger partial charge on any atom is 0.256 e. The Kier molecular flexibility index (Phi) is 3.87. The molecule has 5 heteroatoms. The van der Waals surface area contributed by atoms with Crippen molar-refractivity contribution in [2.45, 2.75) is 13.3 Å².